The number of rotatable bonds is 7. The van der Waals surface area contributed by atoms with Gasteiger partial charge in [0.2, 0.25) is 0 Å². The zero-order chi connectivity index (χ0) is 13.0. The lowest BCUT2D eigenvalue weighted by molar-refractivity contribution is 0.437. The third kappa shape index (κ3) is 4.36. The van der Waals surface area contributed by atoms with Gasteiger partial charge in [0.05, 0.1) is 4.47 Å². The Bertz CT molecular complexity index is 390. The molecule has 1 nitrogen and oxygen atoms in total. The second-order valence-electron chi connectivity index (χ2n) is 5.29. The van der Waals surface area contributed by atoms with Crippen LogP contribution in [0.5, 0.6) is 0 Å². The first-order chi connectivity index (χ1) is 8.69. The molecule has 0 aliphatic heterocycles. The second kappa shape index (κ2) is 6.67. The predicted octanol–water partition coefficient (Wildman–Crippen LogP) is 4.30. The minimum Gasteiger partial charge on any atom is -0.314 e. The molecule has 1 fully saturated rings. The van der Waals surface area contributed by atoms with Crippen LogP contribution in [-0.4, -0.2) is 12.6 Å². The van der Waals surface area contributed by atoms with Gasteiger partial charge in [-0.05, 0) is 71.8 Å². The highest BCUT2D eigenvalue weighted by atomic mass is 79.9. The van der Waals surface area contributed by atoms with Crippen molar-refractivity contribution in [3.8, 4) is 0 Å². The van der Waals surface area contributed by atoms with Crippen LogP contribution in [-0.2, 0) is 6.42 Å². The van der Waals surface area contributed by atoms with Crippen LogP contribution in [0.1, 0.15) is 38.2 Å². The third-order valence-electron chi connectivity index (χ3n) is 3.48. The maximum Gasteiger partial charge on any atom is 0.137 e. The number of nitrogens with one attached hydrogen (secondary N) is 1. The lowest BCUT2D eigenvalue weighted by atomic mass is 9.95. The molecule has 2 rings (SSSR count). The number of hydrogen-bond acceptors (Lipinski definition) is 1. The van der Waals surface area contributed by atoms with E-state index in [1.165, 1.54) is 31.2 Å². The highest BCUT2D eigenvalue weighted by Crippen LogP contribution is 2.22. The molecule has 1 aromatic rings. The molecule has 0 saturated heterocycles. The average Bonchev–Trinajstić information content (AvgIpc) is 3.15. The fourth-order valence-corrected chi connectivity index (χ4v) is 2.73. The van der Waals surface area contributed by atoms with Crippen molar-refractivity contribution in [2.75, 3.05) is 6.54 Å². The minimum absolute atomic E-state index is 0.179. The molecule has 3 heteroatoms. The van der Waals surface area contributed by atoms with Gasteiger partial charge in [-0.1, -0.05) is 19.4 Å². The molecule has 100 valence electrons. The second-order valence-corrected chi connectivity index (χ2v) is 6.14. The maximum atomic E-state index is 13.2. The van der Waals surface area contributed by atoms with E-state index in [0.29, 0.717) is 10.4 Å². The van der Waals surface area contributed by atoms with Crippen molar-refractivity contribution >= 4 is 15.9 Å². The van der Waals surface area contributed by atoms with E-state index in [9.17, 15) is 4.39 Å². The molecule has 1 saturated carbocycles. The lowest BCUT2D eigenvalue weighted by Gasteiger charge is -2.17. The predicted molar refractivity (Wildman–Crippen MR) is 77.2 cm³/mol. The summed E-state index contributed by atoms with van der Waals surface area (Å²) in [6.45, 7) is 3.32. The minimum atomic E-state index is -0.179. The summed E-state index contributed by atoms with van der Waals surface area (Å²) in [4.78, 5) is 0. The molecular weight excluding hydrogens is 293 g/mol. The Morgan fingerprint density at radius 1 is 1.44 bits per heavy atom. The lowest BCUT2D eigenvalue weighted by Crippen LogP contribution is -2.26. The zero-order valence-corrected chi connectivity index (χ0v) is 12.5. The molecule has 0 heterocycles. The molecule has 0 spiro atoms. The SMILES string of the molecule is CCCC(CNC1CC1)Cc1ccc(F)c(Br)c1. The summed E-state index contributed by atoms with van der Waals surface area (Å²) in [7, 11) is 0. The number of halogens is 2. The number of benzene rings is 1. The molecule has 1 unspecified atom stereocenters. The quantitative estimate of drug-likeness (QED) is 0.791. The molecule has 1 aromatic carbocycles. The monoisotopic (exact) mass is 313 g/mol. The van der Waals surface area contributed by atoms with Gasteiger partial charge >= 0.3 is 0 Å². The van der Waals surface area contributed by atoms with E-state index in [-0.39, 0.29) is 5.82 Å². The van der Waals surface area contributed by atoms with Crippen molar-refractivity contribution in [1.82, 2.24) is 5.32 Å². The van der Waals surface area contributed by atoms with E-state index in [4.69, 9.17) is 0 Å². The van der Waals surface area contributed by atoms with Crippen molar-refractivity contribution in [1.29, 1.82) is 0 Å². The van der Waals surface area contributed by atoms with E-state index in [1.807, 2.05) is 12.1 Å². The van der Waals surface area contributed by atoms with Crippen molar-refractivity contribution < 1.29 is 4.39 Å². The van der Waals surface area contributed by atoms with Crippen LogP contribution in [0.15, 0.2) is 22.7 Å². The van der Waals surface area contributed by atoms with Crippen molar-refractivity contribution in [3.63, 3.8) is 0 Å². The topological polar surface area (TPSA) is 12.0 Å². The summed E-state index contributed by atoms with van der Waals surface area (Å²) in [5, 5.41) is 3.60. The van der Waals surface area contributed by atoms with E-state index >= 15 is 0 Å². The molecule has 1 atom stereocenters. The van der Waals surface area contributed by atoms with Gasteiger partial charge in [-0.25, -0.2) is 4.39 Å². The molecule has 1 aliphatic carbocycles. The fraction of sp³-hybridized carbons (Fsp3) is 0.600. The molecule has 18 heavy (non-hydrogen) atoms. The summed E-state index contributed by atoms with van der Waals surface area (Å²) in [6, 6.07) is 6.13. The Hall–Kier alpha value is -0.410. The van der Waals surface area contributed by atoms with Gasteiger partial charge in [0.15, 0.2) is 0 Å². The Morgan fingerprint density at radius 3 is 2.83 bits per heavy atom. The van der Waals surface area contributed by atoms with Crippen LogP contribution in [0, 0.1) is 11.7 Å². The summed E-state index contributed by atoms with van der Waals surface area (Å²) in [6.07, 6.45) is 6.14. The Balaban J connectivity index is 1.90. The van der Waals surface area contributed by atoms with Gasteiger partial charge in [-0.15, -0.1) is 0 Å². The van der Waals surface area contributed by atoms with E-state index < -0.39 is 0 Å². The van der Waals surface area contributed by atoms with E-state index in [1.54, 1.807) is 6.07 Å². The fourth-order valence-electron chi connectivity index (χ4n) is 2.31. The van der Waals surface area contributed by atoms with E-state index in [0.717, 1.165) is 19.0 Å². The van der Waals surface area contributed by atoms with Crippen molar-refractivity contribution in [3.05, 3.63) is 34.1 Å². The van der Waals surface area contributed by atoms with Gasteiger partial charge in [0, 0.05) is 6.04 Å². The first kappa shape index (κ1) is 14.0. The summed E-state index contributed by atoms with van der Waals surface area (Å²) in [5.74, 6) is 0.481. The van der Waals surface area contributed by atoms with Gasteiger partial charge in [0.1, 0.15) is 5.82 Å². The Labute approximate surface area is 117 Å². The maximum absolute atomic E-state index is 13.2. The van der Waals surface area contributed by atoms with Gasteiger partial charge in [-0.2, -0.15) is 0 Å². The largest absolute Gasteiger partial charge is 0.314 e. The van der Waals surface area contributed by atoms with Gasteiger partial charge in [-0.3, -0.25) is 0 Å². The summed E-state index contributed by atoms with van der Waals surface area (Å²) < 4.78 is 13.8. The zero-order valence-electron chi connectivity index (χ0n) is 10.9. The van der Waals surface area contributed by atoms with Crippen LogP contribution < -0.4 is 5.32 Å². The molecule has 1 aliphatic rings. The summed E-state index contributed by atoms with van der Waals surface area (Å²) in [5.41, 5.74) is 1.22. The summed E-state index contributed by atoms with van der Waals surface area (Å²) >= 11 is 3.26. The highest BCUT2D eigenvalue weighted by molar-refractivity contribution is 9.10. The molecule has 0 amide bonds. The van der Waals surface area contributed by atoms with Crippen LogP contribution in [0.2, 0.25) is 0 Å². The van der Waals surface area contributed by atoms with Gasteiger partial charge in [0.25, 0.3) is 0 Å². The molecule has 0 bridgehead atoms. The molecule has 1 N–H and O–H groups in total. The smallest absolute Gasteiger partial charge is 0.137 e. The Kier molecular flexibility index (Phi) is 5.19. The third-order valence-corrected chi connectivity index (χ3v) is 4.09. The standard InChI is InChI=1S/C15H21BrFN/c1-2-3-12(10-18-13-5-6-13)8-11-4-7-15(17)14(16)9-11/h4,7,9,12-13,18H,2-3,5-6,8,10H2,1H3. The molecular formula is C15H21BrFN. The van der Waals surface area contributed by atoms with Crippen LogP contribution in [0.25, 0.3) is 0 Å². The normalized spacial score (nSPS) is 16.8. The van der Waals surface area contributed by atoms with Crippen molar-refractivity contribution in [2.24, 2.45) is 5.92 Å². The van der Waals surface area contributed by atoms with Crippen LogP contribution in [0.3, 0.4) is 0 Å². The van der Waals surface area contributed by atoms with E-state index in [2.05, 4.69) is 28.2 Å². The van der Waals surface area contributed by atoms with Crippen LogP contribution in [0.4, 0.5) is 4.39 Å². The van der Waals surface area contributed by atoms with Gasteiger partial charge < -0.3 is 5.32 Å². The highest BCUT2D eigenvalue weighted by Gasteiger charge is 2.21. The molecule has 0 aromatic heterocycles. The first-order valence-corrected chi connectivity index (χ1v) is 7.65. The number of hydrogen-bond donors (Lipinski definition) is 1. The Morgan fingerprint density at radius 2 is 2.22 bits per heavy atom. The molecule has 0 radical (unpaired) electrons. The van der Waals surface area contributed by atoms with Crippen LogP contribution >= 0.6 is 15.9 Å². The first-order valence-electron chi connectivity index (χ1n) is 6.86. The average molecular weight is 314 g/mol. The van der Waals surface area contributed by atoms with Crippen molar-refractivity contribution in [2.45, 2.75) is 45.1 Å².